The maximum atomic E-state index is 12.1. The lowest BCUT2D eigenvalue weighted by Crippen LogP contribution is -2.27. The lowest BCUT2D eigenvalue weighted by molar-refractivity contribution is 0.0776. The lowest BCUT2D eigenvalue weighted by atomic mass is 10.2. The predicted molar refractivity (Wildman–Crippen MR) is 65.9 cm³/mol. The number of aromatic nitrogens is 4. The molecule has 0 saturated heterocycles. The molecule has 0 aliphatic heterocycles. The average molecular weight is 256 g/mol. The van der Waals surface area contributed by atoms with Gasteiger partial charge in [0.25, 0.3) is 5.91 Å². The number of hydrogen-bond acceptors (Lipinski definition) is 5. The molecule has 0 aliphatic carbocycles. The van der Waals surface area contributed by atoms with Crippen molar-refractivity contribution in [3.8, 4) is 6.07 Å². The van der Waals surface area contributed by atoms with E-state index in [0.29, 0.717) is 23.8 Å². The second-order valence-electron chi connectivity index (χ2n) is 4.04. The van der Waals surface area contributed by atoms with E-state index in [0.717, 1.165) is 0 Å². The number of aromatic amines is 1. The van der Waals surface area contributed by atoms with Crippen molar-refractivity contribution in [3.63, 3.8) is 0 Å². The number of nitrogens with one attached hydrogen (secondary N) is 1. The zero-order valence-electron chi connectivity index (χ0n) is 10.6. The van der Waals surface area contributed by atoms with Gasteiger partial charge in [-0.3, -0.25) is 9.89 Å². The Labute approximate surface area is 109 Å². The van der Waals surface area contributed by atoms with Gasteiger partial charge in [0.05, 0.1) is 12.1 Å². The first kappa shape index (κ1) is 12.7. The zero-order valence-corrected chi connectivity index (χ0v) is 10.6. The molecule has 0 bridgehead atoms. The van der Waals surface area contributed by atoms with Crippen LogP contribution in [0.4, 0.5) is 0 Å². The van der Waals surface area contributed by atoms with Gasteiger partial charge in [-0.2, -0.15) is 10.4 Å². The van der Waals surface area contributed by atoms with E-state index in [4.69, 9.17) is 5.26 Å². The SMILES string of the molecule is Cc1nc(CN(C)C(=O)c2ccc(C#N)cn2)n[nH]1. The Bertz CT molecular complexity index is 624. The average Bonchev–Trinajstić information content (AvgIpc) is 2.83. The lowest BCUT2D eigenvalue weighted by Gasteiger charge is -2.14. The molecule has 2 heterocycles. The molecule has 1 N–H and O–H groups in total. The second-order valence-corrected chi connectivity index (χ2v) is 4.04. The quantitative estimate of drug-likeness (QED) is 0.869. The van der Waals surface area contributed by atoms with Crippen LogP contribution in [-0.2, 0) is 6.54 Å². The molecule has 19 heavy (non-hydrogen) atoms. The highest BCUT2D eigenvalue weighted by molar-refractivity contribution is 5.92. The number of nitriles is 1. The van der Waals surface area contributed by atoms with Crippen molar-refractivity contribution in [2.24, 2.45) is 0 Å². The molecule has 2 rings (SSSR count). The standard InChI is InChI=1S/C12H12N6O/c1-8-15-11(17-16-8)7-18(2)12(19)10-4-3-9(5-13)6-14-10/h3-4,6H,7H2,1-2H3,(H,15,16,17). The zero-order chi connectivity index (χ0) is 13.8. The first-order valence-electron chi connectivity index (χ1n) is 5.59. The van der Waals surface area contributed by atoms with Crippen LogP contribution < -0.4 is 0 Å². The van der Waals surface area contributed by atoms with Crippen molar-refractivity contribution in [3.05, 3.63) is 41.2 Å². The molecular weight excluding hydrogens is 244 g/mol. The van der Waals surface area contributed by atoms with Crippen LogP contribution in [0.15, 0.2) is 18.3 Å². The van der Waals surface area contributed by atoms with Crippen molar-refractivity contribution < 1.29 is 4.79 Å². The number of carbonyl (C=O) groups is 1. The fraction of sp³-hybridized carbons (Fsp3) is 0.250. The first-order valence-corrected chi connectivity index (χ1v) is 5.59. The van der Waals surface area contributed by atoms with Gasteiger partial charge in [0, 0.05) is 13.2 Å². The van der Waals surface area contributed by atoms with Crippen LogP contribution in [0.5, 0.6) is 0 Å². The first-order chi connectivity index (χ1) is 9.10. The fourth-order valence-electron chi connectivity index (χ4n) is 1.53. The summed E-state index contributed by atoms with van der Waals surface area (Å²) in [6.07, 6.45) is 1.37. The summed E-state index contributed by atoms with van der Waals surface area (Å²) in [6.45, 7) is 2.09. The molecule has 0 radical (unpaired) electrons. The summed E-state index contributed by atoms with van der Waals surface area (Å²) in [6, 6.07) is 5.04. The number of pyridine rings is 1. The van der Waals surface area contributed by atoms with Crippen molar-refractivity contribution >= 4 is 5.91 Å². The smallest absolute Gasteiger partial charge is 0.272 e. The second kappa shape index (κ2) is 5.27. The van der Waals surface area contributed by atoms with E-state index in [9.17, 15) is 4.79 Å². The van der Waals surface area contributed by atoms with Gasteiger partial charge >= 0.3 is 0 Å². The molecule has 7 heteroatoms. The third-order valence-electron chi connectivity index (χ3n) is 2.48. The number of amides is 1. The van der Waals surface area contributed by atoms with E-state index in [1.807, 2.05) is 6.07 Å². The van der Waals surface area contributed by atoms with Gasteiger partial charge in [-0.15, -0.1) is 0 Å². The number of nitrogens with zero attached hydrogens (tertiary/aromatic N) is 5. The summed E-state index contributed by atoms with van der Waals surface area (Å²) in [5.74, 6) is 1.00. The van der Waals surface area contributed by atoms with Crippen LogP contribution in [0.3, 0.4) is 0 Å². The molecule has 0 spiro atoms. The van der Waals surface area contributed by atoms with Crippen LogP contribution in [0.25, 0.3) is 0 Å². The highest BCUT2D eigenvalue weighted by atomic mass is 16.2. The molecule has 0 atom stereocenters. The van der Waals surface area contributed by atoms with Gasteiger partial charge in [-0.05, 0) is 19.1 Å². The van der Waals surface area contributed by atoms with E-state index in [2.05, 4.69) is 20.2 Å². The van der Waals surface area contributed by atoms with Crippen molar-refractivity contribution in [1.29, 1.82) is 5.26 Å². The minimum Gasteiger partial charge on any atom is -0.333 e. The van der Waals surface area contributed by atoms with E-state index in [1.165, 1.54) is 17.2 Å². The Kier molecular flexibility index (Phi) is 3.52. The molecule has 96 valence electrons. The summed E-state index contributed by atoms with van der Waals surface area (Å²) in [5.41, 5.74) is 0.706. The molecule has 2 aromatic rings. The molecule has 1 amide bonds. The van der Waals surface area contributed by atoms with Crippen molar-refractivity contribution in [2.45, 2.75) is 13.5 Å². The summed E-state index contributed by atoms with van der Waals surface area (Å²) in [7, 11) is 1.65. The van der Waals surface area contributed by atoms with Gasteiger partial charge < -0.3 is 4.90 Å². The molecule has 0 aliphatic rings. The molecule has 0 aromatic carbocycles. The van der Waals surface area contributed by atoms with Gasteiger partial charge in [0.1, 0.15) is 17.6 Å². The highest BCUT2D eigenvalue weighted by Gasteiger charge is 2.15. The van der Waals surface area contributed by atoms with Gasteiger partial charge in [-0.25, -0.2) is 9.97 Å². The number of carbonyl (C=O) groups excluding carboxylic acids is 1. The third kappa shape index (κ3) is 2.93. The van der Waals surface area contributed by atoms with E-state index < -0.39 is 0 Å². The maximum absolute atomic E-state index is 12.1. The molecule has 0 saturated carbocycles. The van der Waals surface area contributed by atoms with Crippen LogP contribution >= 0.6 is 0 Å². The number of rotatable bonds is 3. The van der Waals surface area contributed by atoms with Crippen molar-refractivity contribution in [1.82, 2.24) is 25.1 Å². The molecule has 0 unspecified atom stereocenters. The highest BCUT2D eigenvalue weighted by Crippen LogP contribution is 2.05. The van der Waals surface area contributed by atoms with E-state index in [1.54, 1.807) is 20.0 Å². The topological polar surface area (TPSA) is 98.6 Å². The molecule has 2 aromatic heterocycles. The molecule has 7 nitrogen and oxygen atoms in total. The van der Waals surface area contributed by atoms with Gasteiger partial charge in [0.2, 0.25) is 0 Å². The number of hydrogen-bond donors (Lipinski definition) is 1. The van der Waals surface area contributed by atoms with Gasteiger partial charge in [-0.1, -0.05) is 0 Å². The number of aryl methyl sites for hydroxylation is 1. The summed E-state index contributed by atoms with van der Waals surface area (Å²) >= 11 is 0. The van der Waals surface area contributed by atoms with Crippen LogP contribution in [0, 0.1) is 18.3 Å². The third-order valence-corrected chi connectivity index (χ3v) is 2.48. The van der Waals surface area contributed by atoms with Crippen LogP contribution in [0.2, 0.25) is 0 Å². The maximum Gasteiger partial charge on any atom is 0.272 e. The Hall–Kier alpha value is -2.75. The van der Waals surface area contributed by atoms with Gasteiger partial charge in [0.15, 0.2) is 5.82 Å². The molecule has 0 fully saturated rings. The summed E-state index contributed by atoms with van der Waals surface area (Å²) in [5, 5.41) is 15.4. The van der Waals surface area contributed by atoms with Crippen molar-refractivity contribution in [2.75, 3.05) is 7.05 Å². The van der Waals surface area contributed by atoms with E-state index in [-0.39, 0.29) is 11.6 Å². The van der Waals surface area contributed by atoms with Crippen LogP contribution in [0.1, 0.15) is 27.7 Å². The molecular formula is C12H12N6O. The van der Waals surface area contributed by atoms with Crippen LogP contribution in [-0.4, -0.2) is 38.0 Å². The summed E-state index contributed by atoms with van der Waals surface area (Å²) < 4.78 is 0. The summed E-state index contributed by atoms with van der Waals surface area (Å²) in [4.78, 5) is 21.6. The predicted octanol–water partition coefficient (Wildman–Crippen LogP) is 0.652. The minimum atomic E-state index is -0.244. The fourth-order valence-corrected chi connectivity index (χ4v) is 1.53. The Morgan fingerprint density at radius 1 is 1.53 bits per heavy atom. The Morgan fingerprint density at radius 2 is 2.32 bits per heavy atom. The monoisotopic (exact) mass is 256 g/mol. The van der Waals surface area contributed by atoms with E-state index >= 15 is 0 Å². The Morgan fingerprint density at radius 3 is 2.84 bits per heavy atom. The largest absolute Gasteiger partial charge is 0.333 e. The normalized spacial score (nSPS) is 9.95. The minimum absolute atomic E-state index is 0.244. The Balaban J connectivity index is 2.08. The number of H-pyrrole nitrogens is 1.